The quantitative estimate of drug-likeness (QED) is 0.771. The number of rotatable bonds is 1. The van der Waals surface area contributed by atoms with Crippen LogP contribution in [-0.4, -0.2) is 15.2 Å². The van der Waals surface area contributed by atoms with Crippen molar-refractivity contribution in [2.75, 3.05) is 0 Å². The number of hydrogen-bond donors (Lipinski definition) is 1. The van der Waals surface area contributed by atoms with E-state index in [0.717, 1.165) is 5.56 Å². The van der Waals surface area contributed by atoms with E-state index < -0.39 is 0 Å². The molecule has 2 aromatic rings. The van der Waals surface area contributed by atoms with Crippen molar-refractivity contribution in [1.29, 1.82) is 0 Å². The molecule has 4 nitrogen and oxygen atoms in total. The van der Waals surface area contributed by atoms with E-state index in [9.17, 15) is 4.79 Å². The number of nitrogens with one attached hydrogen (secondary N) is 1. The highest BCUT2D eigenvalue weighted by Crippen LogP contribution is 2.15. The zero-order chi connectivity index (χ0) is 9.97. The first-order valence-corrected chi connectivity index (χ1v) is 4.31. The lowest BCUT2D eigenvalue weighted by Crippen LogP contribution is -2.10. The summed E-state index contributed by atoms with van der Waals surface area (Å²) in [5.41, 5.74) is 0.999. The molecule has 14 heavy (non-hydrogen) atoms. The van der Waals surface area contributed by atoms with Gasteiger partial charge in [0.05, 0.1) is 5.56 Å². The van der Waals surface area contributed by atoms with Crippen LogP contribution in [0.4, 0.5) is 0 Å². The summed E-state index contributed by atoms with van der Waals surface area (Å²) in [6, 6.07) is 5.00. The van der Waals surface area contributed by atoms with Crippen LogP contribution in [0.5, 0.6) is 0 Å². The van der Waals surface area contributed by atoms with Crippen molar-refractivity contribution < 1.29 is 0 Å². The molecule has 0 unspecified atom stereocenters. The minimum Gasteiger partial charge on any atom is -0.267 e. The third-order valence-electron chi connectivity index (χ3n) is 1.76. The molecule has 0 aromatic carbocycles. The van der Waals surface area contributed by atoms with Crippen LogP contribution in [0.1, 0.15) is 0 Å². The van der Waals surface area contributed by atoms with Crippen LogP contribution < -0.4 is 5.56 Å². The van der Waals surface area contributed by atoms with Gasteiger partial charge in [-0.3, -0.25) is 9.78 Å². The summed E-state index contributed by atoms with van der Waals surface area (Å²) in [7, 11) is 0. The first-order valence-electron chi connectivity index (χ1n) is 3.93. The molecule has 5 heteroatoms. The Balaban J connectivity index is 2.63. The van der Waals surface area contributed by atoms with Gasteiger partial charge in [0.25, 0.3) is 5.56 Å². The Morgan fingerprint density at radius 2 is 2.00 bits per heavy atom. The van der Waals surface area contributed by atoms with E-state index in [2.05, 4.69) is 15.2 Å². The highest BCUT2D eigenvalue weighted by molar-refractivity contribution is 6.29. The molecule has 70 valence electrons. The van der Waals surface area contributed by atoms with Gasteiger partial charge in [0.1, 0.15) is 5.15 Å². The monoisotopic (exact) mass is 207 g/mol. The van der Waals surface area contributed by atoms with Crippen molar-refractivity contribution in [1.82, 2.24) is 15.2 Å². The van der Waals surface area contributed by atoms with Gasteiger partial charge in [0.2, 0.25) is 0 Å². The second-order valence-corrected chi connectivity index (χ2v) is 3.06. The maximum atomic E-state index is 11.4. The van der Waals surface area contributed by atoms with Crippen molar-refractivity contribution in [2.45, 2.75) is 0 Å². The molecule has 0 spiro atoms. The minimum atomic E-state index is -0.263. The fourth-order valence-electron chi connectivity index (χ4n) is 1.13. The van der Waals surface area contributed by atoms with E-state index in [4.69, 9.17) is 11.6 Å². The highest BCUT2D eigenvalue weighted by atomic mass is 35.5. The largest absolute Gasteiger partial charge is 0.272 e. The lowest BCUT2D eigenvalue weighted by atomic mass is 10.1. The fourth-order valence-corrected chi connectivity index (χ4v) is 1.28. The first kappa shape index (κ1) is 8.90. The Labute approximate surface area is 84.6 Å². The highest BCUT2D eigenvalue weighted by Gasteiger charge is 2.03. The van der Waals surface area contributed by atoms with Gasteiger partial charge in [-0.25, -0.2) is 5.10 Å². The number of pyridine rings is 1. The average molecular weight is 208 g/mol. The second kappa shape index (κ2) is 3.59. The molecular weight excluding hydrogens is 202 g/mol. The molecule has 2 rings (SSSR count). The Morgan fingerprint density at radius 1 is 1.29 bits per heavy atom. The Bertz CT molecular complexity index is 495. The molecule has 0 aliphatic heterocycles. The van der Waals surface area contributed by atoms with E-state index in [0.29, 0.717) is 5.56 Å². The third kappa shape index (κ3) is 1.65. The third-order valence-corrected chi connectivity index (χ3v) is 1.96. The van der Waals surface area contributed by atoms with Crippen LogP contribution >= 0.6 is 11.6 Å². The maximum absolute atomic E-state index is 11.4. The Kier molecular flexibility index (Phi) is 2.28. The van der Waals surface area contributed by atoms with Gasteiger partial charge in [-0.15, -0.1) is 0 Å². The average Bonchev–Trinajstić information content (AvgIpc) is 2.23. The molecule has 0 saturated carbocycles. The summed E-state index contributed by atoms with van der Waals surface area (Å²) < 4.78 is 0. The van der Waals surface area contributed by atoms with Crippen LogP contribution in [0.3, 0.4) is 0 Å². The van der Waals surface area contributed by atoms with Gasteiger partial charge >= 0.3 is 0 Å². The van der Waals surface area contributed by atoms with Gasteiger partial charge in [0, 0.05) is 12.4 Å². The van der Waals surface area contributed by atoms with Crippen LogP contribution in [0, 0.1) is 0 Å². The van der Waals surface area contributed by atoms with Crippen molar-refractivity contribution in [3.05, 3.63) is 46.1 Å². The molecule has 1 N–H and O–H groups in total. The SMILES string of the molecule is O=c1[nH]nc(Cl)cc1-c1ccncc1. The number of aromatic amines is 1. The molecular formula is C9H6ClN3O. The van der Waals surface area contributed by atoms with Crippen LogP contribution in [-0.2, 0) is 0 Å². The molecule has 0 aliphatic rings. The summed E-state index contributed by atoms with van der Waals surface area (Å²) in [5.74, 6) is 0. The maximum Gasteiger partial charge on any atom is 0.272 e. The molecule has 2 heterocycles. The molecule has 2 aromatic heterocycles. The number of aromatic nitrogens is 3. The zero-order valence-corrected chi connectivity index (χ0v) is 7.82. The molecule has 0 aliphatic carbocycles. The van der Waals surface area contributed by atoms with Gasteiger partial charge in [-0.2, -0.15) is 5.10 Å². The van der Waals surface area contributed by atoms with Crippen molar-refractivity contribution in [2.24, 2.45) is 0 Å². The topological polar surface area (TPSA) is 58.6 Å². The summed E-state index contributed by atoms with van der Waals surface area (Å²) in [5, 5.41) is 6.15. The van der Waals surface area contributed by atoms with Gasteiger partial charge < -0.3 is 0 Å². The standard InChI is InChI=1S/C9H6ClN3O/c10-8-5-7(9(14)13-12-8)6-1-3-11-4-2-6/h1-5H,(H,13,14). The van der Waals surface area contributed by atoms with E-state index in [-0.39, 0.29) is 10.7 Å². The van der Waals surface area contributed by atoms with Gasteiger partial charge in [0.15, 0.2) is 0 Å². The fraction of sp³-hybridized carbons (Fsp3) is 0. The molecule has 0 bridgehead atoms. The number of hydrogen-bond acceptors (Lipinski definition) is 3. The molecule has 0 radical (unpaired) electrons. The molecule has 0 amide bonds. The Hall–Kier alpha value is -1.68. The minimum absolute atomic E-state index is 0.261. The first-order chi connectivity index (χ1) is 6.77. The van der Waals surface area contributed by atoms with Crippen LogP contribution in [0.2, 0.25) is 5.15 Å². The lowest BCUT2D eigenvalue weighted by molar-refractivity contribution is 0.992. The molecule has 0 atom stereocenters. The predicted octanol–water partition coefficient (Wildman–Crippen LogP) is 1.49. The van der Waals surface area contributed by atoms with Gasteiger partial charge in [-0.1, -0.05) is 11.6 Å². The Morgan fingerprint density at radius 3 is 2.71 bits per heavy atom. The van der Waals surface area contributed by atoms with Crippen molar-refractivity contribution >= 4 is 11.6 Å². The summed E-state index contributed by atoms with van der Waals surface area (Å²) >= 11 is 5.67. The second-order valence-electron chi connectivity index (χ2n) is 2.67. The normalized spacial score (nSPS) is 10.1. The number of halogens is 1. The van der Waals surface area contributed by atoms with E-state index in [1.54, 1.807) is 24.5 Å². The van der Waals surface area contributed by atoms with Crippen LogP contribution in [0.15, 0.2) is 35.4 Å². The molecule has 0 fully saturated rings. The van der Waals surface area contributed by atoms with E-state index >= 15 is 0 Å². The van der Waals surface area contributed by atoms with Crippen LogP contribution in [0.25, 0.3) is 11.1 Å². The van der Waals surface area contributed by atoms with Crippen molar-refractivity contribution in [3.8, 4) is 11.1 Å². The van der Waals surface area contributed by atoms with Crippen molar-refractivity contribution in [3.63, 3.8) is 0 Å². The number of H-pyrrole nitrogens is 1. The molecule has 0 saturated heterocycles. The van der Waals surface area contributed by atoms with E-state index in [1.807, 2.05) is 0 Å². The smallest absolute Gasteiger partial charge is 0.267 e. The van der Waals surface area contributed by atoms with E-state index in [1.165, 1.54) is 6.07 Å². The predicted molar refractivity (Wildman–Crippen MR) is 53.1 cm³/mol. The summed E-state index contributed by atoms with van der Waals surface area (Å²) in [4.78, 5) is 15.2. The lowest BCUT2D eigenvalue weighted by Gasteiger charge is -1.98. The summed E-state index contributed by atoms with van der Waals surface area (Å²) in [6.07, 6.45) is 3.23. The summed E-state index contributed by atoms with van der Waals surface area (Å²) in [6.45, 7) is 0. The van der Waals surface area contributed by atoms with Gasteiger partial charge in [-0.05, 0) is 23.8 Å². The number of nitrogens with zero attached hydrogens (tertiary/aromatic N) is 2. The zero-order valence-electron chi connectivity index (χ0n) is 7.07.